The highest BCUT2D eigenvalue weighted by Gasteiger charge is 2.28. The fourth-order valence-electron chi connectivity index (χ4n) is 3.67. The van der Waals surface area contributed by atoms with Gasteiger partial charge in [-0.05, 0) is 62.8 Å². The highest BCUT2D eigenvalue weighted by molar-refractivity contribution is 5.87. The smallest absolute Gasteiger partial charge is 0.335 e. The fraction of sp³-hybridized carbons (Fsp3) is 0.500. The van der Waals surface area contributed by atoms with Crippen molar-refractivity contribution in [1.29, 1.82) is 0 Å². The molecule has 6 heteroatoms. The zero-order chi connectivity index (χ0) is 25.9. The average Bonchev–Trinajstić information content (AvgIpc) is 2.82. The second-order valence-corrected chi connectivity index (χ2v) is 8.44. The number of carboxylic acid groups (broad SMARTS) is 2. The van der Waals surface area contributed by atoms with Crippen molar-refractivity contribution in [2.45, 2.75) is 78.4 Å². The number of rotatable bonds is 11. The predicted octanol–water partition coefficient (Wildman–Crippen LogP) is 6.13. The van der Waals surface area contributed by atoms with Gasteiger partial charge in [0, 0.05) is 0 Å². The molecule has 0 saturated carbocycles. The van der Waals surface area contributed by atoms with Crippen molar-refractivity contribution in [3.63, 3.8) is 0 Å². The van der Waals surface area contributed by atoms with E-state index in [0.717, 1.165) is 38.5 Å². The van der Waals surface area contributed by atoms with Crippen LogP contribution in [0.25, 0.3) is 0 Å². The molecule has 0 amide bonds. The van der Waals surface area contributed by atoms with Gasteiger partial charge >= 0.3 is 11.9 Å². The minimum atomic E-state index is -0.879. The van der Waals surface area contributed by atoms with Gasteiger partial charge in [0.2, 0.25) is 0 Å². The number of aromatic carboxylic acids is 2. The van der Waals surface area contributed by atoms with Crippen LogP contribution < -0.4 is 0 Å². The van der Waals surface area contributed by atoms with Crippen molar-refractivity contribution < 1.29 is 30.0 Å². The van der Waals surface area contributed by atoms with Crippen LogP contribution >= 0.6 is 0 Å². The maximum absolute atomic E-state index is 10.2. The largest absolute Gasteiger partial charge is 0.478 e. The summed E-state index contributed by atoms with van der Waals surface area (Å²) in [4.78, 5) is 20.4. The summed E-state index contributed by atoms with van der Waals surface area (Å²) in [6.07, 6.45) is 6.06. The second-order valence-electron chi connectivity index (χ2n) is 8.44. The first-order chi connectivity index (χ1) is 16.1. The first-order valence-electron chi connectivity index (χ1n) is 12.1. The van der Waals surface area contributed by atoms with Gasteiger partial charge < -0.3 is 20.4 Å². The Hall–Kier alpha value is -2.70. The molecule has 2 aromatic rings. The Morgan fingerprint density at radius 1 is 0.647 bits per heavy atom. The molecule has 4 unspecified atom stereocenters. The minimum Gasteiger partial charge on any atom is -0.478 e. The van der Waals surface area contributed by atoms with Crippen LogP contribution in [0.3, 0.4) is 0 Å². The van der Waals surface area contributed by atoms with E-state index < -0.39 is 11.9 Å². The molecule has 0 aliphatic rings. The Kier molecular flexibility index (Phi) is 17.2. The molecule has 0 radical (unpaired) electrons. The summed E-state index contributed by atoms with van der Waals surface area (Å²) < 4.78 is 0. The van der Waals surface area contributed by atoms with Crippen molar-refractivity contribution in [3.8, 4) is 0 Å². The van der Waals surface area contributed by atoms with E-state index in [0.29, 0.717) is 11.1 Å². The summed E-state index contributed by atoms with van der Waals surface area (Å²) in [6, 6.07) is 16.6. The van der Waals surface area contributed by atoms with Gasteiger partial charge in [0.15, 0.2) is 0 Å². The van der Waals surface area contributed by atoms with Crippen molar-refractivity contribution in [2.75, 3.05) is 0 Å². The summed E-state index contributed by atoms with van der Waals surface area (Å²) in [5, 5.41) is 36.5. The quantitative estimate of drug-likeness (QED) is 0.311. The fourth-order valence-corrected chi connectivity index (χ4v) is 3.67. The Balaban J connectivity index is 0.000000513. The van der Waals surface area contributed by atoms with Gasteiger partial charge in [0.05, 0.1) is 23.3 Å². The third-order valence-corrected chi connectivity index (χ3v) is 5.61. The van der Waals surface area contributed by atoms with Crippen molar-refractivity contribution in [3.05, 3.63) is 71.8 Å². The highest BCUT2D eigenvalue weighted by Crippen LogP contribution is 2.29. The van der Waals surface area contributed by atoms with Gasteiger partial charge in [-0.2, -0.15) is 0 Å². The monoisotopic (exact) mass is 474 g/mol. The number of carbonyl (C=O) groups is 2. The average molecular weight is 475 g/mol. The van der Waals surface area contributed by atoms with E-state index in [-0.39, 0.29) is 24.0 Å². The molecule has 34 heavy (non-hydrogen) atoms. The first kappa shape index (κ1) is 31.3. The third-order valence-electron chi connectivity index (χ3n) is 5.61. The SMILES string of the molecule is CCCCC(C(C)O)C(CCCC)C(C)O.O=C(O)c1ccccc1.O=C(O)c1ccccc1. The summed E-state index contributed by atoms with van der Waals surface area (Å²) in [5.74, 6) is -1.25. The van der Waals surface area contributed by atoms with Gasteiger partial charge in [0.1, 0.15) is 0 Å². The molecule has 4 N–H and O–H groups in total. The van der Waals surface area contributed by atoms with Crippen LogP contribution in [0.5, 0.6) is 0 Å². The molecular weight excluding hydrogens is 432 g/mol. The van der Waals surface area contributed by atoms with Crippen LogP contribution in [0, 0.1) is 11.8 Å². The maximum Gasteiger partial charge on any atom is 0.335 e. The number of hydrogen-bond donors (Lipinski definition) is 4. The number of unbranched alkanes of at least 4 members (excludes halogenated alkanes) is 2. The summed E-state index contributed by atoms with van der Waals surface area (Å²) >= 11 is 0. The molecule has 0 aliphatic carbocycles. The lowest BCUT2D eigenvalue weighted by atomic mass is 9.78. The predicted molar refractivity (Wildman–Crippen MR) is 136 cm³/mol. The lowest BCUT2D eigenvalue weighted by Gasteiger charge is -2.31. The van der Waals surface area contributed by atoms with Crippen LogP contribution in [-0.4, -0.2) is 44.6 Å². The molecule has 0 saturated heterocycles. The van der Waals surface area contributed by atoms with Gasteiger partial charge in [-0.1, -0.05) is 75.9 Å². The summed E-state index contributed by atoms with van der Waals surface area (Å²) in [6.45, 7) is 8.06. The number of benzene rings is 2. The summed E-state index contributed by atoms with van der Waals surface area (Å²) in [7, 11) is 0. The van der Waals surface area contributed by atoms with E-state index in [4.69, 9.17) is 10.2 Å². The van der Waals surface area contributed by atoms with Crippen molar-refractivity contribution in [2.24, 2.45) is 11.8 Å². The van der Waals surface area contributed by atoms with Gasteiger partial charge in [-0.3, -0.25) is 0 Å². The molecule has 4 atom stereocenters. The Bertz CT molecular complexity index is 706. The lowest BCUT2D eigenvalue weighted by Crippen LogP contribution is -2.32. The maximum atomic E-state index is 10.2. The molecule has 0 heterocycles. The molecule has 2 aromatic carbocycles. The zero-order valence-electron chi connectivity index (χ0n) is 20.9. The molecule has 0 fully saturated rings. The standard InChI is InChI=1S/C14H30O2.2C7H6O2/c1-5-7-9-13(11(3)15)14(12(4)16)10-8-6-2;2*8-7(9)6-4-2-1-3-5-6/h11-16H,5-10H2,1-4H3;2*1-5H,(H,8,9). The third kappa shape index (κ3) is 13.8. The number of carboxylic acids is 2. The molecule has 0 aliphatic heterocycles. The van der Waals surface area contributed by atoms with E-state index >= 15 is 0 Å². The normalized spacial score (nSPS) is 13.7. The van der Waals surface area contributed by atoms with E-state index in [1.165, 1.54) is 0 Å². The van der Waals surface area contributed by atoms with Gasteiger partial charge in [0.25, 0.3) is 0 Å². The summed E-state index contributed by atoms with van der Waals surface area (Å²) in [5.41, 5.74) is 0.662. The van der Waals surface area contributed by atoms with Gasteiger partial charge in [-0.25, -0.2) is 9.59 Å². The Morgan fingerprint density at radius 2 is 0.941 bits per heavy atom. The van der Waals surface area contributed by atoms with E-state index in [1.54, 1.807) is 60.7 Å². The van der Waals surface area contributed by atoms with Crippen LogP contribution in [-0.2, 0) is 0 Å². The van der Waals surface area contributed by atoms with E-state index in [1.807, 2.05) is 13.8 Å². The number of hydrogen-bond acceptors (Lipinski definition) is 4. The lowest BCUT2D eigenvalue weighted by molar-refractivity contribution is 0.0125. The second kappa shape index (κ2) is 18.7. The van der Waals surface area contributed by atoms with Crippen LogP contribution in [0.4, 0.5) is 0 Å². The number of aliphatic hydroxyl groups is 2. The van der Waals surface area contributed by atoms with Crippen molar-refractivity contribution >= 4 is 11.9 Å². The molecule has 0 bridgehead atoms. The zero-order valence-corrected chi connectivity index (χ0v) is 20.9. The Morgan fingerprint density at radius 3 is 1.12 bits per heavy atom. The van der Waals surface area contributed by atoms with E-state index in [9.17, 15) is 19.8 Å². The van der Waals surface area contributed by atoms with Crippen molar-refractivity contribution in [1.82, 2.24) is 0 Å². The highest BCUT2D eigenvalue weighted by atomic mass is 16.4. The van der Waals surface area contributed by atoms with Crippen LogP contribution in [0.1, 0.15) is 86.9 Å². The molecule has 6 nitrogen and oxygen atoms in total. The molecule has 190 valence electrons. The molecular formula is C28H42O6. The first-order valence-corrected chi connectivity index (χ1v) is 12.1. The number of aliphatic hydroxyl groups excluding tert-OH is 2. The minimum absolute atomic E-state index is 0.256. The topological polar surface area (TPSA) is 115 Å². The molecule has 0 spiro atoms. The molecule has 0 aromatic heterocycles. The van der Waals surface area contributed by atoms with Crippen LogP contribution in [0.2, 0.25) is 0 Å². The van der Waals surface area contributed by atoms with E-state index in [2.05, 4.69) is 13.8 Å². The molecule has 2 rings (SSSR count). The Labute approximate surface area is 204 Å². The van der Waals surface area contributed by atoms with Crippen LogP contribution in [0.15, 0.2) is 60.7 Å². The van der Waals surface area contributed by atoms with Gasteiger partial charge in [-0.15, -0.1) is 0 Å².